The van der Waals surface area contributed by atoms with Crippen molar-refractivity contribution in [3.05, 3.63) is 75.6 Å². The van der Waals surface area contributed by atoms with Crippen LogP contribution in [-0.4, -0.2) is 16.6 Å². The van der Waals surface area contributed by atoms with Crippen LogP contribution < -0.4 is 5.63 Å². The molecule has 1 aromatic heterocycles. The van der Waals surface area contributed by atoms with E-state index in [1.54, 1.807) is 18.2 Å². The second kappa shape index (κ2) is 5.56. The highest BCUT2D eigenvalue weighted by Gasteiger charge is 2.20. The van der Waals surface area contributed by atoms with E-state index in [9.17, 15) is 9.90 Å². The molecule has 1 aliphatic rings. The van der Waals surface area contributed by atoms with Gasteiger partial charge in [-0.3, -0.25) is 4.90 Å². The van der Waals surface area contributed by atoms with Crippen LogP contribution in [0.15, 0.2) is 57.7 Å². The second-order valence-corrected chi connectivity index (χ2v) is 5.94. The molecule has 116 valence electrons. The summed E-state index contributed by atoms with van der Waals surface area (Å²) >= 11 is 0. The molecule has 0 amide bonds. The first kappa shape index (κ1) is 14.0. The standard InChI is InChI=1S/C19H17NO3/c21-18-15-7-3-4-8-17(15)23-19(22)16(18)12-20-10-9-13-5-1-2-6-14(13)11-20/h1-8,21H,9-12H2. The first-order chi connectivity index (χ1) is 11.2. The van der Waals surface area contributed by atoms with E-state index in [1.165, 1.54) is 11.1 Å². The molecule has 0 spiro atoms. The van der Waals surface area contributed by atoms with E-state index in [4.69, 9.17) is 4.42 Å². The van der Waals surface area contributed by atoms with E-state index in [1.807, 2.05) is 12.1 Å². The predicted octanol–water partition coefficient (Wildman–Crippen LogP) is 3.06. The Bertz CT molecular complexity index is 929. The van der Waals surface area contributed by atoms with E-state index in [2.05, 4.69) is 23.1 Å². The molecule has 0 unspecified atom stereocenters. The van der Waals surface area contributed by atoms with Crippen molar-refractivity contribution in [1.29, 1.82) is 0 Å². The number of rotatable bonds is 2. The van der Waals surface area contributed by atoms with Gasteiger partial charge in [0.15, 0.2) is 0 Å². The molecule has 4 nitrogen and oxygen atoms in total. The fraction of sp³-hybridized carbons (Fsp3) is 0.211. The normalized spacial score (nSPS) is 14.8. The Hall–Kier alpha value is -2.59. The SMILES string of the molecule is O=c1oc2ccccc2c(O)c1CN1CCc2ccccc2C1. The lowest BCUT2D eigenvalue weighted by Crippen LogP contribution is -2.31. The van der Waals surface area contributed by atoms with Crippen LogP contribution in [0.25, 0.3) is 11.0 Å². The monoisotopic (exact) mass is 307 g/mol. The minimum absolute atomic E-state index is 0.0377. The van der Waals surface area contributed by atoms with Gasteiger partial charge in [-0.25, -0.2) is 4.79 Å². The van der Waals surface area contributed by atoms with Crippen LogP contribution in [0, 0.1) is 0 Å². The average molecular weight is 307 g/mol. The fourth-order valence-corrected chi connectivity index (χ4v) is 3.22. The molecule has 0 aliphatic carbocycles. The third-order valence-electron chi connectivity index (χ3n) is 4.47. The third-order valence-corrected chi connectivity index (χ3v) is 4.47. The zero-order valence-corrected chi connectivity index (χ0v) is 12.7. The first-order valence-electron chi connectivity index (χ1n) is 7.75. The number of fused-ring (bicyclic) bond motifs is 2. The maximum absolute atomic E-state index is 12.2. The topological polar surface area (TPSA) is 53.7 Å². The lowest BCUT2D eigenvalue weighted by Gasteiger charge is -2.28. The summed E-state index contributed by atoms with van der Waals surface area (Å²) in [6.45, 7) is 2.04. The summed E-state index contributed by atoms with van der Waals surface area (Å²) in [5, 5.41) is 11.1. The molecular formula is C19H17NO3. The summed E-state index contributed by atoms with van der Waals surface area (Å²) in [4.78, 5) is 14.4. The number of hydrogen-bond acceptors (Lipinski definition) is 4. The summed E-state index contributed by atoms with van der Waals surface area (Å²) in [7, 11) is 0. The highest BCUT2D eigenvalue weighted by atomic mass is 16.4. The van der Waals surface area contributed by atoms with Crippen LogP contribution in [0.4, 0.5) is 0 Å². The van der Waals surface area contributed by atoms with Gasteiger partial charge in [-0.05, 0) is 29.7 Å². The van der Waals surface area contributed by atoms with Gasteiger partial charge >= 0.3 is 5.63 Å². The fourth-order valence-electron chi connectivity index (χ4n) is 3.22. The van der Waals surface area contributed by atoms with Gasteiger partial charge in [0.2, 0.25) is 0 Å². The molecule has 0 bridgehead atoms. The molecule has 0 atom stereocenters. The first-order valence-corrected chi connectivity index (χ1v) is 7.75. The molecule has 4 rings (SSSR count). The molecule has 2 aromatic carbocycles. The van der Waals surface area contributed by atoms with E-state index >= 15 is 0 Å². The van der Waals surface area contributed by atoms with E-state index in [0.29, 0.717) is 23.1 Å². The van der Waals surface area contributed by atoms with Crippen molar-refractivity contribution in [1.82, 2.24) is 4.90 Å². The number of hydrogen-bond donors (Lipinski definition) is 1. The molecule has 4 heteroatoms. The van der Waals surface area contributed by atoms with E-state index in [0.717, 1.165) is 19.5 Å². The van der Waals surface area contributed by atoms with E-state index in [-0.39, 0.29) is 5.75 Å². The number of nitrogens with zero attached hydrogens (tertiary/aromatic N) is 1. The van der Waals surface area contributed by atoms with Gasteiger partial charge in [0.1, 0.15) is 11.3 Å². The van der Waals surface area contributed by atoms with Gasteiger partial charge in [-0.2, -0.15) is 0 Å². The summed E-state index contributed by atoms with van der Waals surface area (Å²) in [6.07, 6.45) is 0.954. The van der Waals surface area contributed by atoms with Gasteiger partial charge in [0.25, 0.3) is 0 Å². The Labute approximate surface area is 133 Å². The number of benzene rings is 2. The van der Waals surface area contributed by atoms with Crippen LogP contribution in [0.5, 0.6) is 5.75 Å². The molecule has 0 fully saturated rings. The second-order valence-electron chi connectivity index (χ2n) is 5.94. The van der Waals surface area contributed by atoms with Gasteiger partial charge in [-0.15, -0.1) is 0 Å². The van der Waals surface area contributed by atoms with Crippen molar-refractivity contribution in [3.8, 4) is 5.75 Å². The Balaban J connectivity index is 1.68. The highest BCUT2D eigenvalue weighted by molar-refractivity contribution is 5.83. The predicted molar refractivity (Wildman–Crippen MR) is 88.4 cm³/mol. The Morgan fingerprint density at radius 1 is 1.04 bits per heavy atom. The van der Waals surface area contributed by atoms with Crippen LogP contribution in [-0.2, 0) is 19.5 Å². The molecule has 1 aliphatic heterocycles. The quantitative estimate of drug-likeness (QED) is 0.739. The van der Waals surface area contributed by atoms with Crippen molar-refractivity contribution in [2.24, 2.45) is 0 Å². The van der Waals surface area contributed by atoms with Gasteiger partial charge in [-0.1, -0.05) is 36.4 Å². The highest BCUT2D eigenvalue weighted by Crippen LogP contribution is 2.28. The maximum atomic E-state index is 12.2. The Kier molecular flexibility index (Phi) is 3.39. The van der Waals surface area contributed by atoms with Crippen LogP contribution in [0.3, 0.4) is 0 Å². The molecule has 3 aromatic rings. The number of aromatic hydroxyl groups is 1. The lowest BCUT2D eigenvalue weighted by atomic mass is 9.99. The molecular weight excluding hydrogens is 290 g/mol. The lowest BCUT2D eigenvalue weighted by molar-refractivity contribution is 0.239. The van der Waals surface area contributed by atoms with Crippen LogP contribution in [0.1, 0.15) is 16.7 Å². The number of para-hydroxylation sites is 1. The van der Waals surface area contributed by atoms with Crippen molar-refractivity contribution in [2.45, 2.75) is 19.5 Å². The summed E-state index contributed by atoms with van der Waals surface area (Å²) in [5.74, 6) is 0.0377. The smallest absolute Gasteiger partial charge is 0.344 e. The van der Waals surface area contributed by atoms with Gasteiger partial charge in [0, 0.05) is 19.6 Å². The molecule has 0 radical (unpaired) electrons. The van der Waals surface area contributed by atoms with Crippen molar-refractivity contribution >= 4 is 11.0 Å². The van der Waals surface area contributed by atoms with Crippen LogP contribution in [0.2, 0.25) is 0 Å². The van der Waals surface area contributed by atoms with Gasteiger partial charge < -0.3 is 9.52 Å². The minimum Gasteiger partial charge on any atom is -0.507 e. The van der Waals surface area contributed by atoms with Crippen molar-refractivity contribution in [2.75, 3.05) is 6.54 Å². The van der Waals surface area contributed by atoms with Crippen molar-refractivity contribution < 1.29 is 9.52 Å². The summed E-state index contributed by atoms with van der Waals surface area (Å²) in [5.41, 5.74) is 2.94. The molecule has 23 heavy (non-hydrogen) atoms. The van der Waals surface area contributed by atoms with Crippen molar-refractivity contribution in [3.63, 3.8) is 0 Å². The van der Waals surface area contributed by atoms with E-state index < -0.39 is 5.63 Å². The molecule has 1 N–H and O–H groups in total. The van der Waals surface area contributed by atoms with Gasteiger partial charge in [0.05, 0.1) is 10.9 Å². The summed E-state index contributed by atoms with van der Waals surface area (Å²) in [6, 6.07) is 15.4. The largest absolute Gasteiger partial charge is 0.507 e. The zero-order valence-electron chi connectivity index (χ0n) is 12.7. The maximum Gasteiger partial charge on any atom is 0.344 e. The zero-order chi connectivity index (χ0) is 15.8. The third kappa shape index (κ3) is 2.51. The average Bonchev–Trinajstić information content (AvgIpc) is 2.58. The Morgan fingerprint density at radius 2 is 1.78 bits per heavy atom. The van der Waals surface area contributed by atoms with Crippen LogP contribution >= 0.6 is 0 Å². The Morgan fingerprint density at radius 3 is 2.65 bits per heavy atom. The summed E-state index contributed by atoms with van der Waals surface area (Å²) < 4.78 is 5.34. The molecule has 0 saturated heterocycles. The minimum atomic E-state index is -0.458. The molecule has 0 saturated carbocycles. The molecule has 2 heterocycles.